The van der Waals surface area contributed by atoms with Crippen LogP contribution in [0.2, 0.25) is 0 Å². The molecule has 0 bridgehead atoms. The summed E-state index contributed by atoms with van der Waals surface area (Å²) in [5, 5.41) is 16.1. The number of hydrogen-bond donors (Lipinski definition) is 3. The molecule has 2 rings (SSSR count). The van der Waals surface area contributed by atoms with Crippen molar-refractivity contribution < 1.29 is 27.5 Å². The third-order valence-corrected chi connectivity index (χ3v) is 4.34. The van der Waals surface area contributed by atoms with Crippen molar-refractivity contribution in [2.75, 3.05) is 0 Å². The molecular weight excluding hydrogens is 300 g/mol. The molecule has 0 saturated heterocycles. The second-order valence-electron chi connectivity index (χ2n) is 5.07. The van der Waals surface area contributed by atoms with Crippen molar-refractivity contribution in [1.29, 1.82) is 0 Å². The smallest absolute Gasteiger partial charge is 0.329 e. The Hall–Kier alpha value is -1.87. The second-order valence-corrected chi connectivity index (χ2v) is 6.56. The van der Waals surface area contributed by atoms with Gasteiger partial charge in [0.05, 0.1) is 0 Å². The van der Waals surface area contributed by atoms with E-state index in [0.29, 0.717) is 25.7 Å². The van der Waals surface area contributed by atoms with E-state index < -0.39 is 32.5 Å². The fourth-order valence-corrected chi connectivity index (χ4v) is 2.89. The molecule has 21 heavy (non-hydrogen) atoms. The van der Waals surface area contributed by atoms with Gasteiger partial charge in [-0.05, 0) is 25.0 Å². The topological polar surface area (TPSA) is 140 Å². The maximum atomic E-state index is 12.1. The van der Waals surface area contributed by atoms with Gasteiger partial charge in [-0.3, -0.25) is 4.79 Å². The number of amides is 1. The first kappa shape index (κ1) is 15.5. The summed E-state index contributed by atoms with van der Waals surface area (Å²) < 4.78 is 27.0. The second kappa shape index (κ2) is 5.49. The first-order valence-corrected chi connectivity index (χ1v) is 7.98. The maximum Gasteiger partial charge on any atom is 0.329 e. The molecule has 1 aliphatic carbocycles. The van der Waals surface area contributed by atoms with Crippen LogP contribution in [-0.4, -0.2) is 30.9 Å². The monoisotopic (exact) mass is 316 g/mol. The van der Waals surface area contributed by atoms with Crippen LogP contribution in [0, 0.1) is 0 Å². The number of nitrogens with one attached hydrogen (secondary N) is 1. The van der Waals surface area contributed by atoms with E-state index >= 15 is 0 Å². The highest BCUT2D eigenvalue weighted by atomic mass is 32.2. The van der Waals surface area contributed by atoms with E-state index in [0.717, 1.165) is 18.6 Å². The summed E-state index contributed by atoms with van der Waals surface area (Å²) in [4.78, 5) is 23.5. The minimum atomic E-state index is -4.04. The molecule has 1 aliphatic rings. The zero-order chi connectivity index (χ0) is 15.7. The predicted octanol–water partition coefficient (Wildman–Crippen LogP) is 0.444. The molecule has 116 valence electrons. The van der Waals surface area contributed by atoms with Crippen LogP contribution >= 0.6 is 0 Å². The number of carboxylic acids is 1. The van der Waals surface area contributed by atoms with E-state index in [1.807, 2.05) is 0 Å². The third kappa shape index (κ3) is 3.24. The highest BCUT2D eigenvalue weighted by Gasteiger charge is 2.41. The number of aliphatic carboxylic acids is 1. The van der Waals surface area contributed by atoms with E-state index in [-0.39, 0.29) is 5.76 Å². The summed E-state index contributed by atoms with van der Waals surface area (Å²) in [6.45, 7) is 0. The average Bonchev–Trinajstić information content (AvgIpc) is 2.89. The van der Waals surface area contributed by atoms with E-state index in [4.69, 9.17) is 9.56 Å². The molecule has 1 heterocycles. The molecule has 0 spiro atoms. The Morgan fingerprint density at radius 2 is 1.86 bits per heavy atom. The zero-order valence-electron chi connectivity index (χ0n) is 11.2. The lowest BCUT2D eigenvalue weighted by atomic mass is 9.81. The van der Waals surface area contributed by atoms with Crippen LogP contribution in [-0.2, 0) is 14.8 Å². The summed E-state index contributed by atoms with van der Waals surface area (Å²) >= 11 is 0. The first-order chi connectivity index (χ1) is 9.74. The van der Waals surface area contributed by atoms with Gasteiger partial charge in [0.1, 0.15) is 5.54 Å². The standard InChI is InChI=1S/C12H16N2O6S/c13-21(18,19)9-5-4-8(20-9)10(15)14-12(11(16)17)6-2-1-3-7-12/h4-5H,1-3,6-7H2,(H,14,15)(H,16,17)(H2,13,18,19). The van der Waals surface area contributed by atoms with Crippen molar-refractivity contribution in [3.05, 3.63) is 17.9 Å². The molecule has 1 aromatic heterocycles. The van der Waals surface area contributed by atoms with Gasteiger partial charge in [-0.15, -0.1) is 0 Å². The minimum Gasteiger partial charge on any atom is -0.480 e. The van der Waals surface area contributed by atoms with Crippen molar-refractivity contribution in [2.45, 2.75) is 42.7 Å². The Bertz CT molecular complexity index is 657. The number of sulfonamides is 1. The van der Waals surface area contributed by atoms with E-state index in [9.17, 15) is 23.1 Å². The Labute approximate surface area is 121 Å². The number of nitrogens with two attached hydrogens (primary N) is 1. The lowest BCUT2D eigenvalue weighted by molar-refractivity contribution is -0.145. The van der Waals surface area contributed by atoms with Crippen molar-refractivity contribution in [3.63, 3.8) is 0 Å². The van der Waals surface area contributed by atoms with Gasteiger partial charge in [-0.25, -0.2) is 18.4 Å². The third-order valence-electron chi connectivity index (χ3n) is 3.55. The van der Waals surface area contributed by atoms with Crippen molar-refractivity contribution in [3.8, 4) is 0 Å². The molecule has 1 amide bonds. The highest BCUT2D eigenvalue weighted by Crippen LogP contribution is 2.29. The summed E-state index contributed by atoms with van der Waals surface area (Å²) in [6.07, 6.45) is 2.98. The summed E-state index contributed by atoms with van der Waals surface area (Å²) in [5.41, 5.74) is -1.33. The van der Waals surface area contributed by atoms with Crippen LogP contribution in [0.3, 0.4) is 0 Å². The number of carbonyl (C=O) groups excluding carboxylic acids is 1. The number of carbonyl (C=O) groups is 2. The van der Waals surface area contributed by atoms with Crippen LogP contribution in [0.1, 0.15) is 42.7 Å². The predicted molar refractivity (Wildman–Crippen MR) is 71.0 cm³/mol. The first-order valence-electron chi connectivity index (χ1n) is 6.43. The summed E-state index contributed by atoms with van der Waals surface area (Å²) in [5.74, 6) is -2.16. The highest BCUT2D eigenvalue weighted by molar-refractivity contribution is 7.89. The quantitative estimate of drug-likeness (QED) is 0.736. The van der Waals surface area contributed by atoms with E-state index in [2.05, 4.69) is 5.32 Å². The minimum absolute atomic E-state index is 0.287. The van der Waals surface area contributed by atoms with Crippen LogP contribution in [0.5, 0.6) is 0 Å². The fourth-order valence-electron chi connectivity index (χ4n) is 2.42. The lowest BCUT2D eigenvalue weighted by Crippen LogP contribution is -2.55. The molecule has 8 nitrogen and oxygen atoms in total. The summed E-state index contributed by atoms with van der Waals surface area (Å²) in [7, 11) is -4.04. The number of carboxylic acid groups (broad SMARTS) is 1. The van der Waals surface area contributed by atoms with Crippen LogP contribution < -0.4 is 10.5 Å². The fraction of sp³-hybridized carbons (Fsp3) is 0.500. The molecule has 9 heteroatoms. The Balaban J connectivity index is 2.20. The van der Waals surface area contributed by atoms with Gasteiger partial charge in [0.15, 0.2) is 5.76 Å². The Kier molecular flexibility index (Phi) is 4.06. The Morgan fingerprint density at radius 1 is 1.24 bits per heavy atom. The number of hydrogen-bond acceptors (Lipinski definition) is 5. The molecular formula is C12H16N2O6S. The SMILES string of the molecule is NS(=O)(=O)c1ccc(C(=O)NC2(C(=O)O)CCCCC2)o1. The van der Waals surface area contributed by atoms with Crippen molar-refractivity contribution in [2.24, 2.45) is 5.14 Å². The van der Waals surface area contributed by atoms with Crippen LogP contribution in [0.25, 0.3) is 0 Å². The molecule has 0 radical (unpaired) electrons. The lowest BCUT2D eigenvalue weighted by Gasteiger charge is -2.33. The maximum absolute atomic E-state index is 12.1. The molecule has 0 unspecified atom stereocenters. The van der Waals surface area contributed by atoms with Crippen LogP contribution in [0.4, 0.5) is 0 Å². The van der Waals surface area contributed by atoms with Crippen LogP contribution in [0.15, 0.2) is 21.6 Å². The molecule has 4 N–H and O–H groups in total. The van der Waals surface area contributed by atoms with Crippen molar-refractivity contribution >= 4 is 21.9 Å². The molecule has 1 saturated carbocycles. The molecule has 1 fully saturated rings. The van der Waals surface area contributed by atoms with E-state index in [1.165, 1.54) is 0 Å². The average molecular weight is 316 g/mol. The number of primary sulfonamides is 1. The largest absolute Gasteiger partial charge is 0.480 e. The molecule has 0 aromatic carbocycles. The Morgan fingerprint density at radius 3 is 2.33 bits per heavy atom. The van der Waals surface area contributed by atoms with Gasteiger partial charge < -0.3 is 14.8 Å². The van der Waals surface area contributed by atoms with Gasteiger partial charge in [0.2, 0.25) is 5.09 Å². The van der Waals surface area contributed by atoms with Gasteiger partial charge in [0.25, 0.3) is 15.9 Å². The summed E-state index contributed by atoms with van der Waals surface area (Å²) in [6, 6.07) is 2.20. The van der Waals surface area contributed by atoms with Crippen molar-refractivity contribution in [1.82, 2.24) is 5.32 Å². The molecule has 0 atom stereocenters. The normalized spacial score (nSPS) is 18.1. The molecule has 1 aromatic rings. The number of rotatable bonds is 4. The van der Waals surface area contributed by atoms with E-state index in [1.54, 1.807) is 0 Å². The molecule has 0 aliphatic heterocycles. The van der Waals surface area contributed by atoms with Gasteiger partial charge in [0, 0.05) is 0 Å². The number of furan rings is 1. The van der Waals surface area contributed by atoms with Gasteiger partial charge in [-0.1, -0.05) is 19.3 Å². The van der Waals surface area contributed by atoms with Gasteiger partial charge >= 0.3 is 5.97 Å². The van der Waals surface area contributed by atoms with Gasteiger partial charge in [-0.2, -0.15) is 0 Å². The zero-order valence-corrected chi connectivity index (χ0v) is 12.0.